The highest BCUT2D eigenvalue weighted by Crippen LogP contribution is 2.23. The Labute approximate surface area is 106 Å². The number of anilines is 1. The maximum Gasteiger partial charge on any atom is 0.318 e. The van der Waals surface area contributed by atoms with Crippen LogP contribution in [0.15, 0.2) is 54.6 Å². The fourth-order valence-electron chi connectivity index (χ4n) is 1.49. The maximum atomic E-state index is 11.0. The van der Waals surface area contributed by atoms with E-state index < -0.39 is 6.03 Å². The smallest absolute Gasteiger partial charge is 0.318 e. The predicted molar refractivity (Wildman–Crippen MR) is 70.9 cm³/mol. The zero-order valence-electron chi connectivity index (χ0n) is 10.0. The molecule has 0 atom stereocenters. The molecule has 0 radical (unpaired) electrons. The summed E-state index contributed by atoms with van der Waals surface area (Å²) >= 11 is 0. The van der Waals surface area contributed by atoms with Crippen LogP contribution in [0.1, 0.15) is 0 Å². The minimum absolute atomic E-state index is 0.494. The summed E-state index contributed by atoms with van der Waals surface area (Å²) < 4.78 is 5.64. The van der Waals surface area contributed by atoms with Crippen LogP contribution in [0.4, 0.5) is 10.5 Å². The number of ether oxygens (including phenoxy) is 1. The lowest BCUT2D eigenvalue weighted by molar-refractivity contribution is 0.255. The monoisotopic (exact) mass is 242 g/mol. The summed E-state index contributed by atoms with van der Waals surface area (Å²) in [5.74, 6) is 1.48. The zero-order valence-corrected chi connectivity index (χ0v) is 10.0. The first-order valence-corrected chi connectivity index (χ1v) is 5.53. The molecule has 18 heavy (non-hydrogen) atoms. The van der Waals surface area contributed by atoms with Crippen LogP contribution in [0.25, 0.3) is 0 Å². The molecule has 0 aliphatic rings. The van der Waals surface area contributed by atoms with Crippen molar-refractivity contribution in [2.75, 3.05) is 11.9 Å². The number of rotatable bonds is 3. The average molecular weight is 242 g/mol. The average Bonchev–Trinajstić information content (AvgIpc) is 2.40. The van der Waals surface area contributed by atoms with E-state index in [0.29, 0.717) is 5.75 Å². The van der Waals surface area contributed by atoms with E-state index in [1.54, 1.807) is 31.3 Å². The summed E-state index contributed by atoms with van der Waals surface area (Å²) in [6.45, 7) is 0. The summed E-state index contributed by atoms with van der Waals surface area (Å²) in [4.78, 5) is 12.4. The number of carbonyl (C=O) groups excluding carboxylic acids is 1. The van der Waals surface area contributed by atoms with Crippen molar-refractivity contribution in [3.63, 3.8) is 0 Å². The van der Waals surface area contributed by atoms with Gasteiger partial charge in [-0.25, -0.2) is 4.79 Å². The second kappa shape index (κ2) is 5.23. The predicted octanol–water partition coefficient (Wildman–Crippen LogP) is 2.99. The number of carbonyl (C=O) groups is 1. The Balaban J connectivity index is 2.11. The highest BCUT2D eigenvalue weighted by Gasteiger charge is 2.06. The molecular weight excluding hydrogens is 228 g/mol. The van der Waals surface area contributed by atoms with Gasteiger partial charge in [-0.05, 0) is 36.4 Å². The van der Waals surface area contributed by atoms with Gasteiger partial charge in [0.05, 0.1) is 0 Å². The molecule has 2 rings (SSSR count). The molecular formula is C14H14N2O2. The molecule has 4 nitrogen and oxygen atoms in total. The molecule has 4 heteroatoms. The van der Waals surface area contributed by atoms with E-state index >= 15 is 0 Å². The van der Waals surface area contributed by atoms with Crippen molar-refractivity contribution in [3.8, 4) is 11.5 Å². The highest BCUT2D eigenvalue weighted by atomic mass is 16.5. The molecule has 2 aromatic carbocycles. The molecule has 0 aliphatic carbocycles. The van der Waals surface area contributed by atoms with E-state index in [4.69, 9.17) is 10.5 Å². The standard InChI is InChI=1S/C14H14N2O2/c1-16(14(15)17)11-7-9-13(10-8-11)18-12-5-3-2-4-6-12/h2-10H,1H3,(H2,15,17). The van der Waals surface area contributed by atoms with Gasteiger partial charge in [0.15, 0.2) is 0 Å². The van der Waals surface area contributed by atoms with Gasteiger partial charge in [0.25, 0.3) is 0 Å². The van der Waals surface area contributed by atoms with Gasteiger partial charge in [-0.15, -0.1) is 0 Å². The second-order valence-electron chi connectivity index (χ2n) is 3.81. The van der Waals surface area contributed by atoms with Crippen LogP contribution in [0.2, 0.25) is 0 Å². The Morgan fingerprint density at radius 3 is 2.11 bits per heavy atom. The molecule has 2 amide bonds. The molecule has 0 unspecified atom stereocenters. The first kappa shape index (κ1) is 12.0. The third-order valence-corrected chi connectivity index (χ3v) is 2.53. The highest BCUT2D eigenvalue weighted by molar-refractivity contribution is 5.90. The lowest BCUT2D eigenvalue weighted by atomic mass is 10.3. The van der Waals surface area contributed by atoms with Gasteiger partial charge in [0.2, 0.25) is 0 Å². The van der Waals surface area contributed by atoms with E-state index in [2.05, 4.69) is 0 Å². The number of hydrogen-bond acceptors (Lipinski definition) is 2. The summed E-state index contributed by atoms with van der Waals surface area (Å²) in [5.41, 5.74) is 5.91. The van der Waals surface area contributed by atoms with Gasteiger partial charge in [0, 0.05) is 12.7 Å². The number of urea groups is 1. The number of nitrogens with zero attached hydrogens (tertiary/aromatic N) is 1. The fourth-order valence-corrected chi connectivity index (χ4v) is 1.49. The molecule has 0 saturated carbocycles. The van der Waals surface area contributed by atoms with Crippen LogP contribution in [-0.2, 0) is 0 Å². The van der Waals surface area contributed by atoms with Crippen LogP contribution >= 0.6 is 0 Å². The normalized spacial score (nSPS) is 9.83. The number of primary amides is 1. The van der Waals surface area contributed by atoms with Gasteiger partial charge in [-0.3, -0.25) is 4.90 Å². The van der Waals surface area contributed by atoms with E-state index in [9.17, 15) is 4.79 Å². The second-order valence-corrected chi connectivity index (χ2v) is 3.81. The molecule has 0 aromatic heterocycles. The Hall–Kier alpha value is -2.49. The van der Waals surface area contributed by atoms with Gasteiger partial charge in [0.1, 0.15) is 11.5 Å². The first-order chi connectivity index (χ1) is 8.66. The van der Waals surface area contributed by atoms with Crippen molar-refractivity contribution in [2.24, 2.45) is 5.73 Å². The van der Waals surface area contributed by atoms with Gasteiger partial charge in [-0.2, -0.15) is 0 Å². The van der Waals surface area contributed by atoms with Gasteiger partial charge < -0.3 is 10.5 Å². The largest absolute Gasteiger partial charge is 0.457 e. The number of para-hydroxylation sites is 1. The summed E-state index contributed by atoms with van der Waals surface area (Å²) in [6, 6.07) is 16.2. The van der Waals surface area contributed by atoms with Gasteiger partial charge >= 0.3 is 6.03 Å². The number of nitrogens with two attached hydrogens (primary N) is 1. The summed E-state index contributed by atoms with van der Waals surface area (Å²) in [7, 11) is 1.62. The topological polar surface area (TPSA) is 55.6 Å². The maximum absolute atomic E-state index is 11.0. The van der Waals surface area contributed by atoms with Crippen LogP contribution in [0, 0.1) is 0 Å². The molecule has 92 valence electrons. The molecule has 0 fully saturated rings. The van der Waals surface area contributed by atoms with Crippen molar-refractivity contribution in [2.45, 2.75) is 0 Å². The molecule has 0 heterocycles. The van der Waals surface area contributed by atoms with Crippen LogP contribution in [0.3, 0.4) is 0 Å². The first-order valence-electron chi connectivity index (χ1n) is 5.53. The molecule has 0 saturated heterocycles. The van der Waals surface area contributed by atoms with Crippen molar-refractivity contribution in [3.05, 3.63) is 54.6 Å². The number of benzene rings is 2. The van der Waals surface area contributed by atoms with Gasteiger partial charge in [-0.1, -0.05) is 18.2 Å². The number of amides is 2. The Kier molecular flexibility index (Phi) is 3.48. The van der Waals surface area contributed by atoms with Crippen LogP contribution < -0.4 is 15.4 Å². The van der Waals surface area contributed by atoms with Crippen molar-refractivity contribution >= 4 is 11.7 Å². The zero-order chi connectivity index (χ0) is 13.0. The Morgan fingerprint density at radius 2 is 1.56 bits per heavy atom. The molecule has 2 aromatic rings. The molecule has 0 spiro atoms. The van der Waals surface area contributed by atoms with E-state index in [-0.39, 0.29) is 0 Å². The minimum atomic E-state index is -0.494. The third-order valence-electron chi connectivity index (χ3n) is 2.53. The lowest BCUT2D eigenvalue weighted by Crippen LogP contribution is -2.31. The quantitative estimate of drug-likeness (QED) is 0.899. The van der Waals surface area contributed by atoms with Crippen LogP contribution in [-0.4, -0.2) is 13.1 Å². The van der Waals surface area contributed by atoms with Crippen molar-refractivity contribution < 1.29 is 9.53 Å². The van der Waals surface area contributed by atoms with Crippen molar-refractivity contribution in [1.29, 1.82) is 0 Å². The Morgan fingerprint density at radius 1 is 1.00 bits per heavy atom. The fraction of sp³-hybridized carbons (Fsp3) is 0.0714. The number of hydrogen-bond donors (Lipinski definition) is 1. The lowest BCUT2D eigenvalue weighted by Gasteiger charge is -2.14. The van der Waals surface area contributed by atoms with Crippen molar-refractivity contribution in [1.82, 2.24) is 0 Å². The third kappa shape index (κ3) is 2.79. The SMILES string of the molecule is CN(C(N)=O)c1ccc(Oc2ccccc2)cc1. The minimum Gasteiger partial charge on any atom is -0.457 e. The summed E-state index contributed by atoms with van der Waals surface area (Å²) in [5, 5.41) is 0. The van der Waals surface area contributed by atoms with E-state index in [1.165, 1.54) is 4.90 Å². The Bertz CT molecular complexity index is 523. The molecule has 2 N–H and O–H groups in total. The summed E-state index contributed by atoms with van der Waals surface area (Å²) in [6.07, 6.45) is 0. The molecule has 0 bridgehead atoms. The van der Waals surface area contributed by atoms with E-state index in [0.717, 1.165) is 11.4 Å². The van der Waals surface area contributed by atoms with Crippen LogP contribution in [0.5, 0.6) is 11.5 Å². The van der Waals surface area contributed by atoms with E-state index in [1.807, 2.05) is 30.3 Å². The molecule has 0 aliphatic heterocycles.